The summed E-state index contributed by atoms with van der Waals surface area (Å²) in [5.74, 6) is 0.198. The standard InChI is InChI=1S/C11H21N3O/c15-11(10-5-1-2-7-13-10)14-9-4-3-6-12-8-9/h9-10,12-13H,1-8H2,(H,14,15)/t9-,10?/m0/s1. The molecule has 3 N–H and O–H groups in total. The van der Waals surface area contributed by atoms with Crippen LogP contribution in [0.25, 0.3) is 0 Å². The SMILES string of the molecule is O=C(N[C@H]1CCCNC1)C1CCCCN1. The minimum absolute atomic E-state index is 0.0562. The summed E-state index contributed by atoms with van der Waals surface area (Å²) in [7, 11) is 0. The first-order chi connectivity index (χ1) is 7.36. The molecule has 0 aromatic carbocycles. The van der Waals surface area contributed by atoms with Crippen molar-refractivity contribution in [3.63, 3.8) is 0 Å². The highest BCUT2D eigenvalue weighted by Gasteiger charge is 2.23. The highest BCUT2D eigenvalue weighted by molar-refractivity contribution is 5.82. The highest BCUT2D eigenvalue weighted by Crippen LogP contribution is 2.08. The molecule has 0 radical (unpaired) electrons. The highest BCUT2D eigenvalue weighted by atomic mass is 16.2. The minimum atomic E-state index is 0.0562. The van der Waals surface area contributed by atoms with Crippen LogP contribution < -0.4 is 16.0 Å². The normalized spacial score (nSPS) is 32.3. The quantitative estimate of drug-likeness (QED) is 0.602. The van der Waals surface area contributed by atoms with Crippen molar-refractivity contribution in [2.24, 2.45) is 0 Å². The molecule has 0 saturated carbocycles. The largest absolute Gasteiger partial charge is 0.351 e. The molecule has 0 spiro atoms. The van der Waals surface area contributed by atoms with Gasteiger partial charge in [0, 0.05) is 12.6 Å². The van der Waals surface area contributed by atoms with Crippen molar-refractivity contribution in [1.82, 2.24) is 16.0 Å². The summed E-state index contributed by atoms with van der Waals surface area (Å²) in [4.78, 5) is 11.9. The van der Waals surface area contributed by atoms with E-state index in [0.717, 1.165) is 32.5 Å². The second-order valence-corrected chi connectivity index (χ2v) is 4.55. The molecule has 4 nitrogen and oxygen atoms in total. The van der Waals surface area contributed by atoms with Gasteiger partial charge in [-0.2, -0.15) is 0 Å². The van der Waals surface area contributed by atoms with E-state index in [1.54, 1.807) is 0 Å². The zero-order valence-electron chi connectivity index (χ0n) is 9.22. The van der Waals surface area contributed by atoms with Gasteiger partial charge in [0.05, 0.1) is 6.04 Å². The van der Waals surface area contributed by atoms with Gasteiger partial charge in [-0.15, -0.1) is 0 Å². The minimum Gasteiger partial charge on any atom is -0.351 e. The number of hydrogen-bond acceptors (Lipinski definition) is 3. The number of piperidine rings is 2. The molecule has 2 heterocycles. The van der Waals surface area contributed by atoms with E-state index in [-0.39, 0.29) is 11.9 Å². The molecule has 86 valence electrons. The van der Waals surface area contributed by atoms with Gasteiger partial charge in [-0.05, 0) is 38.8 Å². The van der Waals surface area contributed by atoms with Gasteiger partial charge in [0.15, 0.2) is 0 Å². The summed E-state index contributed by atoms with van der Waals surface area (Å²) in [6.07, 6.45) is 5.66. The summed E-state index contributed by atoms with van der Waals surface area (Å²) in [6, 6.07) is 0.399. The molecule has 2 fully saturated rings. The van der Waals surface area contributed by atoms with Crippen molar-refractivity contribution in [2.75, 3.05) is 19.6 Å². The van der Waals surface area contributed by atoms with E-state index in [0.29, 0.717) is 6.04 Å². The summed E-state index contributed by atoms with van der Waals surface area (Å²) >= 11 is 0. The molecule has 15 heavy (non-hydrogen) atoms. The lowest BCUT2D eigenvalue weighted by Gasteiger charge is -2.28. The summed E-state index contributed by atoms with van der Waals surface area (Å²) in [6.45, 7) is 3.01. The molecule has 2 rings (SSSR count). The topological polar surface area (TPSA) is 53.2 Å². The zero-order valence-corrected chi connectivity index (χ0v) is 9.22. The van der Waals surface area contributed by atoms with Crippen LogP contribution in [-0.4, -0.2) is 37.6 Å². The Hall–Kier alpha value is -0.610. The van der Waals surface area contributed by atoms with Crippen LogP contribution in [-0.2, 0) is 4.79 Å². The molecule has 2 aliphatic heterocycles. The Labute approximate surface area is 91.2 Å². The number of carbonyl (C=O) groups excluding carboxylic acids is 1. The molecule has 0 aromatic rings. The van der Waals surface area contributed by atoms with E-state index in [2.05, 4.69) is 16.0 Å². The molecule has 0 aromatic heterocycles. The van der Waals surface area contributed by atoms with E-state index in [4.69, 9.17) is 0 Å². The summed E-state index contributed by atoms with van der Waals surface area (Å²) in [5.41, 5.74) is 0. The molecule has 2 saturated heterocycles. The van der Waals surface area contributed by atoms with Gasteiger partial charge in [0.25, 0.3) is 0 Å². The Kier molecular flexibility index (Phi) is 3.97. The molecule has 2 atom stereocenters. The average Bonchev–Trinajstić information content (AvgIpc) is 2.31. The molecular weight excluding hydrogens is 190 g/mol. The number of carbonyl (C=O) groups is 1. The first-order valence-electron chi connectivity index (χ1n) is 6.11. The average molecular weight is 211 g/mol. The van der Waals surface area contributed by atoms with Crippen LogP contribution in [0.1, 0.15) is 32.1 Å². The smallest absolute Gasteiger partial charge is 0.237 e. The van der Waals surface area contributed by atoms with Crippen molar-refractivity contribution in [1.29, 1.82) is 0 Å². The molecule has 0 aliphatic carbocycles. The van der Waals surface area contributed by atoms with Gasteiger partial charge in [0.1, 0.15) is 0 Å². The third-order valence-electron chi connectivity index (χ3n) is 3.27. The maximum Gasteiger partial charge on any atom is 0.237 e. The van der Waals surface area contributed by atoms with Crippen LogP contribution in [0.2, 0.25) is 0 Å². The monoisotopic (exact) mass is 211 g/mol. The van der Waals surface area contributed by atoms with Gasteiger partial charge in [-0.25, -0.2) is 0 Å². The molecular formula is C11H21N3O. The number of hydrogen-bond donors (Lipinski definition) is 3. The third kappa shape index (κ3) is 3.18. The number of rotatable bonds is 2. The summed E-state index contributed by atoms with van der Waals surface area (Å²) < 4.78 is 0. The van der Waals surface area contributed by atoms with Crippen LogP contribution >= 0.6 is 0 Å². The molecule has 1 unspecified atom stereocenters. The van der Waals surface area contributed by atoms with Gasteiger partial charge < -0.3 is 16.0 Å². The second kappa shape index (κ2) is 5.47. The predicted molar refractivity (Wildman–Crippen MR) is 59.7 cm³/mol. The van der Waals surface area contributed by atoms with E-state index >= 15 is 0 Å². The fraction of sp³-hybridized carbons (Fsp3) is 0.909. The van der Waals surface area contributed by atoms with E-state index in [1.807, 2.05) is 0 Å². The van der Waals surface area contributed by atoms with E-state index in [1.165, 1.54) is 19.3 Å². The van der Waals surface area contributed by atoms with Crippen molar-refractivity contribution in [2.45, 2.75) is 44.2 Å². The van der Waals surface area contributed by atoms with Crippen LogP contribution in [0.15, 0.2) is 0 Å². The fourth-order valence-corrected chi connectivity index (χ4v) is 2.35. The van der Waals surface area contributed by atoms with Gasteiger partial charge in [-0.3, -0.25) is 4.79 Å². The molecule has 1 amide bonds. The summed E-state index contributed by atoms with van der Waals surface area (Å²) in [5, 5.41) is 9.71. The van der Waals surface area contributed by atoms with Gasteiger partial charge in [0.2, 0.25) is 5.91 Å². The Morgan fingerprint density at radius 1 is 1.13 bits per heavy atom. The van der Waals surface area contributed by atoms with Gasteiger partial charge in [-0.1, -0.05) is 6.42 Å². The first-order valence-corrected chi connectivity index (χ1v) is 6.11. The fourth-order valence-electron chi connectivity index (χ4n) is 2.35. The predicted octanol–water partition coefficient (Wildman–Crippen LogP) is -0.00330. The first kappa shape index (κ1) is 10.9. The number of nitrogens with one attached hydrogen (secondary N) is 3. The lowest BCUT2D eigenvalue weighted by atomic mass is 10.0. The van der Waals surface area contributed by atoms with Crippen molar-refractivity contribution in [3.05, 3.63) is 0 Å². The second-order valence-electron chi connectivity index (χ2n) is 4.55. The van der Waals surface area contributed by atoms with Crippen LogP contribution in [0.4, 0.5) is 0 Å². The lowest BCUT2D eigenvalue weighted by molar-refractivity contribution is -0.124. The van der Waals surface area contributed by atoms with Crippen molar-refractivity contribution >= 4 is 5.91 Å². The Morgan fingerprint density at radius 3 is 2.73 bits per heavy atom. The third-order valence-corrected chi connectivity index (χ3v) is 3.27. The van der Waals surface area contributed by atoms with E-state index < -0.39 is 0 Å². The lowest BCUT2D eigenvalue weighted by Crippen LogP contribution is -2.53. The zero-order chi connectivity index (χ0) is 10.5. The molecule has 4 heteroatoms. The van der Waals surface area contributed by atoms with E-state index in [9.17, 15) is 4.79 Å². The van der Waals surface area contributed by atoms with Crippen molar-refractivity contribution < 1.29 is 4.79 Å². The van der Waals surface area contributed by atoms with Gasteiger partial charge >= 0.3 is 0 Å². The Morgan fingerprint density at radius 2 is 2.07 bits per heavy atom. The Balaban J connectivity index is 1.74. The number of amides is 1. The Bertz CT molecular complexity index is 208. The van der Waals surface area contributed by atoms with Crippen LogP contribution in [0.3, 0.4) is 0 Å². The van der Waals surface area contributed by atoms with Crippen LogP contribution in [0.5, 0.6) is 0 Å². The van der Waals surface area contributed by atoms with Crippen molar-refractivity contribution in [3.8, 4) is 0 Å². The maximum absolute atomic E-state index is 11.9. The maximum atomic E-state index is 11.9. The molecule has 2 aliphatic rings. The van der Waals surface area contributed by atoms with Crippen LogP contribution in [0, 0.1) is 0 Å². The molecule has 0 bridgehead atoms.